The van der Waals surface area contributed by atoms with Gasteiger partial charge in [0.1, 0.15) is 0 Å². The quantitative estimate of drug-likeness (QED) is 0.743. The maximum atomic E-state index is 12.3. The molecule has 2 N–H and O–H groups in total. The number of carbonyl (C=O) groups excluding carboxylic acids is 1. The second-order valence-corrected chi connectivity index (χ2v) is 6.10. The molecule has 0 saturated carbocycles. The van der Waals surface area contributed by atoms with Crippen LogP contribution in [0.15, 0.2) is 36.5 Å². The van der Waals surface area contributed by atoms with Gasteiger partial charge in [-0.1, -0.05) is 20.8 Å². The summed E-state index contributed by atoms with van der Waals surface area (Å²) < 4.78 is 2.23. The van der Waals surface area contributed by atoms with Crippen molar-refractivity contribution in [2.75, 3.05) is 5.32 Å². The van der Waals surface area contributed by atoms with Crippen molar-refractivity contribution in [2.24, 2.45) is 0 Å². The Morgan fingerprint density at radius 2 is 2.13 bits per heavy atom. The van der Waals surface area contributed by atoms with E-state index in [1.54, 1.807) is 6.07 Å². The van der Waals surface area contributed by atoms with Crippen LogP contribution in [0, 0.1) is 0 Å². The molecular formula is C18H22N4O. The summed E-state index contributed by atoms with van der Waals surface area (Å²) in [5.41, 5.74) is 3.34. The summed E-state index contributed by atoms with van der Waals surface area (Å²) in [6, 6.07) is 9.85. The molecule has 0 bridgehead atoms. The van der Waals surface area contributed by atoms with Gasteiger partial charge in [-0.05, 0) is 42.7 Å². The zero-order valence-electron chi connectivity index (χ0n) is 13.8. The summed E-state index contributed by atoms with van der Waals surface area (Å²) in [5.74, 6) is 0.124. The van der Waals surface area contributed by atoms with Gasteiger partial charge in [-0.25, -0.2) is 0 Å². The summed E-state index contributed by atoms with van der Waals surface area (Å²) >= 11 is 0. The zero-order valence-corrected chi connectivity index (χ0v) is 13.8. The number of carbonyl (C=O) groups is 1. The van der Waals surface area contributed by atoms with Gasteiger partial charge in [-0.2, -0.15) is 5.10 Å². The minimum absolute atomic E-state index is 0.194. The summed E-state index contributed by atoms with van der Waals surface area (Å²) in [5, 5.41) is 11.0. The lowest BCUT2D eigenvalue weighted by molar-refractivity contribution is 0.102. The van der Waals surface area contributed by atoms with Crippen LogP contribution in [0.5, 0.6) is 0 Å². The molecule has 23 heavy (non-hydrogen) atoms. The summed E-state index contributed by atoms with van der Waals surface area (Å²) in [6.45, 7) is 7.28. The number of rotatable bonds is 5. The van der Waals surface area contributed by atoms with Gasteiger partial charge in [0.15, 0.2) is 5.69 Å². The van der Waals surface area contributed by atoms with Crippen LogP contribution in [-0.4, -0.2) is 20.7 Å². The van der Waals surface area contributed by atoms with E-state index in [-0.39, 0.29) is 5.91 Å². The van der Waals surface area contributed by atoms with Gasteiger partial charge < -0.3 is 9.88 Å². The van der Waals surface area contributed by atoms with Gasteiger partial charge in [0.25, 0.3) is 5.91 Å². The molecule has 0 radical (unpaired) electrons. The van der Waals surface area contributed by atoms with Crippen LogP contribution in [0.1, 0.15) is 49.3 Å². The number of benzene rings is 1. The second kappa shape index (κ2) is 6.28. The normalized spacial score (nSPS) is 11.3. The number of fused-ring (bicyclic) bond motifs is 1. The lowest BCUT2D eigenvalue weighted by Crippen LogP contribution is -2.12. The number of anilines is 1. The molecule has 3 aromatic rings. The van der Waals surface area contributed by atoms with E-state index in [0.717, 1.165) is 29.7 Å². The van der Waals surface area contributed by atoms with E-state index in [4.69, 9.17) is 0 Å². The fraction of sp³-hybridized carbons (Fsp3) is 0.333. The molecule has 2 aromatic heterocycles. The maximum absolute atomic E-state index is 12.3. The first kappa shape index (κ1) is 15.3. The van der Waals surface area contributed by atoms with Crippen molar-refractivity contribution in [1.29, 1.82) is 0 Å². The average molecular weight is 310 g/mol. The number of aromatic amines is 1. The lowest BCUT2D eigenvalue weighted by atomic mass is 10.1. The third-order valence-electron chi connectivity index (χ3n) is 3.95. The molecule has 1 amide bonds. The minimum atomic E-state index is -0.194. The zero-order chi connectivity index (χ0) is 16.4. The fourth-order valence-corrected chi connectivity index (χ4v) is 2.66. The Balaban J connectivity index is 1.79. The van der Waals surface area contributed by atoms with Gasteiger partial charge in [0, 0.05) is 35.0 Å². The van der Waals surface area contributed by atoms with Crippen molar-refractivity contribution in [3.63, 3.8) is 0 Å². The predicted octanol–water partition coefficient (Wildman–Crippen LogP) is 4.15. The SMILES string of the molecule is CCCn1ccc2cc(NC(=O)c3cc(C(C)C)[nH]n3)ccc21. The molecule has 0 fully saturated rings. The first-order valence-corrected chi connectivity index (χ1v) is 8.04. The Morgan fingerprint density at radius 3 is 2.83 bits per heavy atom. The largest absolute Gasteiger partial charge is 0.347 e. The Bertz CT molecular complexity index is 829. The van der Waals surface area contributed by atoms with Crippen LogP contribution in [0.2, 0.25) is 0 Å². The van der Waals surface area contributed by atoms with Crippen molar-refractivity contribution in [3.05, 3.63) is 47.9 Å². The standard InChI is InChI=1S/C18H22N4O/c1-4-8-22-9-7-13-10-14(5-6-17(13)22)19-18(23)16-11-15(12(2)3)20-21-16/h5-7,9-12H,4,8H2,1-3H3,(H,19,23)(H,20,21). The summed E-state index contributed by atoms with van der Waals surface area (Å²) in [6.07, 6.45) is 3.18. The van der Waals surface area contributed by atoms with E-state index in [2.05, 4.69) is 53.1 Å². The van der Waals surface area contributed by atoms with Crippen molar-refractivity contribution < 1.29 is 4.79 Å². The Kier molecular flexibility index (Phi) is 4.19. The van der Waals surface area contributed by atoms with Crippen molar-refractivity contribution in [1.82, 2.24) is 14.8 Å². The number of nitrogens with zero attached hydrogens (tertiary/aromatic N) is 2. The number of aryl methyl sites for hydroxylation is 1. The van der Waals surface area contributed by atoms with E-state index < -0.39 is 0 Å². The summed E-state index contributed by atoms with van der Waals surface area (Å²) in [4.78, 5) is 12.3. The van der Waals surface area contributed by atoms with Crippen LogP contribution in [0.25, 0.3) is 10.9 Å². The molecule has 3 rings (SSSR count). The van der Waals surface area contributed by atoms with Crippen molar-refractivity contribution in [3.8, 4) is 0 Å². The molecular weight excluding hydrogens is 288 g/mol. The molecule has 0 unspecified atom stereocenters. The molecule has 120 valence electrons. The summed E-state index contributed by atoms with van der Waals surface area (Å²) in [7, 11) is 0. The predicted molar refractivity (Wildman–Crippen MR) is 92.9 cm³/mol. The molecule has 0 aliphatic carbocycles. The molecule has 0 spiro atoms. The lowest BCUT2D eigenvalue weighted by Gasteiger charge is -2.06. The fourth-order valence-electron chi connectivity index (χ4n) is 2.66. The minimum Gasteiger partial charge on any atom is -0.347 e. The van der Waals surface area contributed by atoms with E-state index in [0.29, 0.717) is 11.6 Å². The van der Waals surface area contributed by atoms with Gasteiger partial charge in [0.05, 0.1) is 0 Å². The molecule has 0 saturated heterocycles. The smallest absolute Gasteiger partial charge is 0.276 e. The van der Waals surface area contributed by atoms with Crippen LogP contribution < -0.4 is 5.32 Å². The monoisotopic (exact) mass is 310 g/mol. The Morgan fingerprint density at radius 1 is 1.30 bits per heavy atom. The van der Waals surface area contributed by atoms with E-state index >= 15 is 0 Å². The topological polar surface area (TPSA) is 62.7 Å². The van der Waals surface area contributed by atoms with Crippen LogP contribution in [0.4, 0.5) is 5.69 Å². The molecule has 0 aliphatic rings. The van der Waals surface area contributed by atoms with Crippen LogP contribution in [0.3, 0.4) is 0 Å². The van der Waals surface area contributed by atoms with E-state index in [1.807, 2.05) is 18.2 Å². The highest BCUT2D eigenvalue weighted by molar-refractivity contribution is 6.03. The molecule has 1 aromatic carbocycles. The highest BCUT2D eigenvalue weighted by Crippen LogP contribution is 2.21. The van der Waals surface area contributed by atoms with Gasteiger partial charge >= 0.3 is 0 Å². The maximum Gasteiger partial charge on any atom is 0.276 e. The highest BCUT2D eigenvalue weighted by Gasteiger charge is 2.12. The molecule has 2 heterocycles. The molecule has 0 aliphatic heterocycles. The number of H-pyrrole nitrogens is 1. The highest BCUT2D eigenvalue weighted by atomic mass is 16.1. The van der Waals surface area contributed by atoms with E-state index in [9.17, 15) is 4.79 Å². The third-order valence-corrected chi connectivity index (χ3v) is 3.95. The van der Waals surface area contributed by atoms with Crippen LogP contribution >= 0.6 is 0 Å². The number of hydrogen-bond acceptors (Lipinski definition) is 2. The number of amides is 1. The van der Waals surface area contributed by atoms with E-state index in [1.165, 1.54) is 5.52 Å². The Hall–Kier alpha value is -2.56. The second-order valence-electron chi connectivity index (χ2n) is 6.10. The molecule has 5 nitrogen and oxygen atoms in total. The number of nitrogens with one attached hydrogen (secondary N) is 2. The first-order chi connectivity index (χ1) is 11.1. The number of hydrogen-bond donors (Lipinski definition) is 2. The van der Waals surface area contributed by atoms with Crippen LogP contribution in [-0.2, 0) is 6.54 Å². The first-order valence-electron chi connectivity index (χ1n) is 8.04. The molecule has 0 atom stereocenters. The average Bonchev–Trinajstić information content (AvgIpc) is 3.15. The molecule has 5 heteroatoms. The van der Waals surface area contributed by atoms with Crippen molar-refractivity contribution >= 4 is 22.5 Å². The number of aromatic nitrogens is 3. The van der Waals surface area contributed by atoms with Gasteiger partial charge in [-0.3, -0.25) is 9.89 Å². The van der Waals surface area contributed by atoms with Crippen molar-refractivity contribution in [2.45, 2.75) is 39.7 Å². The Labute approximate surface area is 135 Å². The van der Waals surface area contributed by atoms with Gasteiger partial charge in [0.2, 0.25) is 0 Å². The third kappa shape index (κ3) is 3.13. The van der Waals surface area contributed by atoms with Gasteiger partial charge in [-0.15, -0.1) is 0 Å².